The molecule has 3 atom stereocenters. The number of carboxylic acids is 1. The second-order valence-electron chi connectivity index (χ2n) is 10.7. The molecule has 1 saturated heterocycles. The number of fused-ring (bicyclic) bond motifs is 3. The van der Waals surface area contributed by atoms with Crippen molar-refractivity contribution in [3.05, 3.63) is 60.3 Å². The fraction of sp³-hybridized carbons (Fsp3) is 0.533. The molecule has 0 radical (unpaired) electrons. The zero-order valence-corrected chi connectivity index (χ0v) is 21.2. The summed E-state index contributed by atoms with van der Waals surface area (Å²) in [6, 6.07) is 5.55. The van der Waals surface area contributed by atoms with E-state index in [4.69, 9.17) is 4.74 Å². The maximum atomic E-state index is 13.7. The van der Waals surface area contributed by atoms with Crippen LogP contribution in [-0.2, 0) is 16.1 Å². The molecule has 5 rings (SSSR count). The number of carboxylic acid groups (broad SMARTS) is 1. The normalized spacial score (nSPS) is 25.6. The van der Waals surface area contributed by atoms with E-state index in [-0.39, 0.29) is 29.2 Å². The summed E-state index contributed by atoms with van der Waals surface area (Å²) in [6.07, 6.45) is 12.0. The van der Waals surface area contributed by atoms with E-state index in [1.54, 1.807) is 6.07 Å². The molecule has 36 heavy (non-hydrogen) atoms. The summed E-state index contributed by atoms with van der Waals surface area (Å²) in [6.45, 7) is 11.3. The molecule has 1 aromatic heterocycles. The van der Waals surface area contributed by atoms with Crippen LogP contribution < -0.4 is 0 Å². The zero-order chi connectivity index (χ0) is 25.2. The van der Waals surface area contributed by atoms with Crippen LogP contribution in [0.4, 0.5) is 0 Å². The van der Waals surface area contributed by atoms with Crippen molar-refractivity contribution in [1.29, 1.82) is 0 Å². The number of aromatic carboxylic acids is 1. The molecule has 3 unspecified atom stereocenters. The first kappa shape index (κ1) is 24.8. The quantitative estimate of drug-likeness (QED) is 0.429. The van der Waals surface area contributed by atoms with Crippen LogP contribution >= 0.6 is 0 Å². The fourth-order valence-corrected chi connectivity index (χ4v) is 6.81. The van der Waals surface area contributed by atoms with Gasteiger partial charge in [-0.2, -0.15) is 0 Å². The Hall–Kier alpha value is -2.86. The molecule has 3 aliphatic rings. The van der Waals surface area contributed by atoms with Crippen molar-refractivity contribution in [3.63, 3.8) is 0 Å². The van der Waals surface area contributed by atoms with Gasteiger partial charge in [-0.25, -0.2) is 4.79 Å². The Bertz CT molecular complexity index is 1150. The third-order valence-electron chi connectivity index (χ3n) is 8.62. The summed E-state index contributed by atoms with van der Waals surface area (Å²) in [5.41, 5.74) is 3.78. The van der Waals surface area contributed by atoms with E-state index in [1.807, 2.05) is 29.2 Å². The van der Waals surface area contributed by atoms with Crippen LogP contribution in [0, 0.1) is 11.8 Å². The van der Waals surface area contributed by atoms with E-state index in [2.05, 4.69) is 17.7 Å². The van der Waals surface area contributed by atoms with Crippen molar-refractivity contribution in [2.24, 2.45) is 11.8 Å². The van der Waals surface area contributed by atoms with Gasteiger partial charge in [0.15, 0.2) is 0 Å². The average Bonchev–Trinajstić information content (AvgIpc) is 3.08. The first-order valence-electron chi connectivity index (χ1n) is 13.5. The molecule has 1 aromatic carbocycles. The molecule has 1 amide bonds. The maximum absolute atomic E-state index is 13.7. The van der Waals surface area contributed by atoms with Gasteiger partial charge < -0.3 is 19.3 Å². The van der Waals surface area contributed by atoms with Gasteiger partial charge in [-0.3, -0.25) is 4.79 Å². The molecule has 192 valence electrons. The Morgan fingerprint density at radius 1 is 1.03 bits per heavy atom. The predicted octanol–water partition coefficient (Wildman–Crippen LogP) is 5.73. The number of allylic oxidation sites excluding steroid dienone is 2. The predicted molar refractivity (Wildman–Crippen MR) is 141 cm³/mol. The summed E-state index contributed by atoms with van der Waals surface area (Å²) >= 11 is 0. The molecule has 1 N–H and O–H groups in total. The number of rotatable bonds is 5. The molecule has 3 heterocycles. The summed E-state index contributed by atoms with van der Waals surface area (Å²) in [4.78, 5) is 27.6. The van der Waals surface area contributed by atoms with E-state index in [9.17, 15) is 14.7 Å². The van der Waals surface area contributed by atoms with Gasteiger partial charge >= 0.3 is 5.97 Å². The third-order valence-corrected chi connectivity index (χ3v) is 8.62. The van der Waals surface area contributed by atoms with Gasteiger partial charge in [-0.05, 0) is 48.8 Å². The Balaban J connectivity index is 1.70. The van der Waals surface area contributed by atoms with Gasteiger partial charge in [0.1, 0.15) is 0 Å². The highest BCUT2D eigenvalue weighted by Gasteiger charge is 2.38. The van der Waals surface area contributed by atoms with Gasteiger partial charge in [0.05, 0.1) is 24.7 Å². The number of carbonyl (C=O) groups excluding carboxylic acids is 1. The lowest BCUT2D eigenvalue weighted by Gasteiger charge is -2.31. The van der Waals surface area contributed by atoms with E-state index in [1.165, 1.54) is 36.9 Å². The van der Waals surface area contributed by atoms with Crippen molar-refractivity contribution in [3.8, 4) is 0 Å². The maximum Gasteiger partial charge on any atom is 0.335 e. The number of hydrogen-bond acceptors (Lipinski definition) is 3. The van der Waals surface area contributed by atoms with E-state index in [0.29, 0.717) is 45.2 Å². The second-order valence-corrected chi connectivity index (χ2v) is 10.7. The smallest absolute Gasteiger partial charge is 0.335 e. The molecule has 1 aliphatic carbocycles. The minimum Gasteiger partial charge on any atom is -0.478 e. The fourth-order valence-electron chi connectivity index (χ4n) is 6.81. The highest BCUT2D eigenvalue weighted by atomic mass is 16.5. The van der Waals surface area contributed by atoms with Gasteiger partial charge in [0.2, 0.25) is 5.91 Å². The first-order chi connectivity index (χ1) is 17.5. The van der Waals surface area contributed by atoms with Crippen LogP contribution in [0.15, 0.2) is 43.5 Å². The number of aromatic nitrogens is 1. The topological polar surface area (TPSA) is 71.8 Å². The highest BCUT2D eigenvalue weighted by molar-refractivity contribution is 5.95. The first-order valence-corrected chi connectivity index (χ1v) is 13.5. The lowest BCUT2D eigenvalue weighted by atomic mass is 9.79. The number of nitrogens with zero attached hydrogens (tertiary/aromatic N) is 2. The Kier molecular flexibility index (Phi) is 7.33. The number of carbonyl (C=O) groups is 2. The molecular formula is C30H38N2O4. The Morgan fingerprint density at radius 3 is 2.39 bits per heavy atom. The van der Waals surface area contributed by atoms with Crippen LogP contribution in [0.1, 0.15) is 78.4 Å². The average molecular weight is 491 g/mol. The van der Waals surface area contributed by atoms with Crippen molar-refractivity contribution in [2.45, 2.75) is 63.3 Å². The van der Waals surface area contributed by atoms with Gasteiger partial charge in [0.25, 0.3) is 0 Å². The summed E-state index contributed by atoms with van der Waals surface area (Å²) in [5.74, 6) is -0.423. The molecule has 1 saturated carbocycles. The van der Waals surface area contributed by atoms with E-state index >= 15 is 0 Å². The van der Waals surface area contributed by atoms with Crippen molar-refractivity contribution in [2.75, 3.05) is 26.3 Å². The number of amides is 1. The molecule has 6 heteroatoms. The Morgan fingerprint density at radius 2 is 1.75 bits per heavy atom. The van der Waals surface area contributed by atoms with Crippen LogP contribution in [0.3, 0.4) is 0 Å². The lowest BCUT2D eigenvalue weighted by Crippen LogP contribution is -2.44. The molecule has 2 aromatic rings. The van der Waals surface area contributed by atoms with Gasteiger partial charge in [0, 0.05) is 42.1 Å². The second kappa shape index (κ2) is 10.6. The van der Waals surface area contributed by atoms with Crippen LogP contribution in [-0.4, -0.2) is 52.8 Å². The van der Waals surface area contributed by atoms with Gasteiger partial charge in [-0.1, -0.05) is 43.9 Å². The van der Waals surface area contributed by atoms with E-state index < -0.39 is 5.97 Å². The zero-order valence-electron chi connectivity index (χ0n) is 21.2. The largest absolute Gasteiger partial charge is 0.478 e. The molecule has 6 nitrogen and oxygen atoms in total. The van der Waals surface area contributed by atoms with Crippen molar-refractivity contribution < 1.29 is 19.4 Å². The van der Waals surface area contributed by atoms with Gasteiger partial charge in [-0.15, -0.1) is 13.2 Å². The van der Waals surface area contributed by atoms with Crippen LogP contribution in [0.25, 0.3) is 10.9 Å². The third kappa shape index (κ3) is 4.52. The van der Waals surface area contributed by atoms with Crippen LogP contribution in [0.2, 0.25) is 0 Å². The van der Waals surface area contributed by atoms with Crippen molar-refractivity contribution in [1.82, 2.24) is 9.47 Å². The molecule has 0 spiro atoms. The minimum absolute atomic E-state index is 0.0314. The number of ether oxygens (including phenoxy) is 1. The number of hydrogen-bond donors (Lipinski definition) is 1. The van der Waals surface area contributed by atoms with E-state index in [0.717, 1.165) is 23.7 Å². The minimum atomic E-state index is -0.928. The standard InChI is InChI=1S/C30H38N2O4/c1-3-20-17-23(29(33)31-13-15-36-16-14-31)19-32-26-18-22(30(34)35)11-12-25(26)27(28(32)24(20)4-2)21-9-7-5-6-8-10-21/h3-4,11-12,18,20-21,23-24H,1-2,5-10,13-17,19H2,(H,34,35). The number of morpholine rings is 1. The van der Waals surface area contributed by atoms with Crippen molar-refractivity contribution >= 4 is 22.8 Å². The monoisotopic (exact) mass is 490 g/mol. The molecular weight excluding hydrogens is 452 g/mol. The molecule has 2 aliphatic heterocycles. The summed E-state index contributed by atoms with van der Waals surface area (Å²) in [7, 11) is 0. The summed E-state index contributed by atoms with van der Waals surface area (Å²) in [5, 5.41) is 10.9. The molecule has 2 fully saturated rings. The Labute approximate surface area is 213 Å². The summed E-state index contributed by atoms with van der Waals surface area (Å²) < 4.78 is 7.76. The highest BCUT2D eigenvalue weighted by Crippen LogP contribution is 2.47. The number of benzene rings is 1. The lowest BCUT2D eigenvalue weighted by molar-refractivity contribution is -0.140. The molecule has 0 bridgehead atoms. The van der Waals surface area contributed by atoms with Crippen LogP contribution in [0.5, 0.6) is 0 Å². The SMILES string of the molecule is C=CC1CC(C(=O)N2CCOCC2)Cn2c(c(C3CCCCCC3)c3ccc(C(=O)O)cc32)C1C=C.